The number of aryl methyl sites for hydroxylation is 1. The molecule has 9 heteroatoms. The van der Waals surface area contributed by atoms with E-state index in [1.54, 1.807) is 6.92 Å². The summed E-state index contributed by atoms with van der Waals surface area (Å²) in [5.74, 6) is -1.79. The molecule has 0 atom stereocenters. The molecular weight excluding hydrogens is 337 g/mol. The maximum Gasteiger partial charge on any atom is 0.337 e. The molecule has 0 aliphatic rings. The van der Waals surface area contributed by atoms with Gasteiger partial charge >= 0.3 is 5.97 Å². The lowest BCUT2D eigenvalue weighted by molar-refractivity contribution is 0.0698. The fourth-order valence-corrected chi connectivity index (χ4v) is 2.94. The molecule has 1 amide bonds. The van der Waals surface area contributed by atoms with Gasteiger partial charge in [0.1, 0.15) is 4.88 Å². The number of nitrogen functional groups attached to an aromatic ring is 1. The average molecular weight is 346 g/mol. The predicted molar refractivity (Wildman–Crippen MR) is 82.6 cm³/mol. The minimum absolute atomic E-state index is 0.0232. The molecule has 4 N–H and O–H groups in total. The molecule has 2 rings (SSSR count). The molecule has 6 nitrogen and oxygen atoms in total. The van der Waals surface area contributed by atoms with Gasteiger partial charge in [-0.1, -0.05) is 34.5 Å². The Hall–Kier alpha value is -1.83. The molecule has 0 unspecified atom stereocenters. The number of halogens is 2. The van der Waals surface area contributed by atoms with Crippen LogP contribution in [0.15, 0.2) is 12.1 Å². The number of nitrogens with zero attached hydrogens (tertiary/aromatic N) is 1. The van der Waals surface area contributed by atoms with Crippen LogP contribution in [0.2, 0.25) is 10.0 Å². The number of hydrogen-bond acceptors (Lipinski definition) is 5. The summed E-state index contributed by atoms with van der Waals surface area (Å²) in [6, 6.07) is 2.55. The first-order valence-electron chi connectivity index (χ1n) is 5.56. The maximum atomic E-state index is 12.2. The molecule has 110 valence electrons. The van der Waals surface area contributed by atoms with Crippen molar-refractivity contribution in [2.75, 3.05) is 11.1 Å². The van der Waals surface area contributed by atoms with E-state index in [0.29, 0.717) is 5.69 Å². The van der Waals surface area contributed by atoms with Crippen LogP contribution in [0.3, 0.4) is 0 Å². The van der Waals surface area contributed by atoms with Gasteiger partial charge in [0.2, 0.25) is 0 Å². The van der Waals surface area contributed by atoms with E-state index in [1.807, 2.05) is 0 Å². The number of amides is 1. The highest BCUT2D eigenvalue weighted by atomic mass is 35.5. The van der Waals surface area contributed by atoms with Crippen molar-refractivity contribution >= 4 is 57.2 Å². The summed E-state index contributed by atoms with van der Waals surface area (Å²) >= 11 is 12.7. The molecule has 1 aromatic heterocycles. The molecule has 0 spiro atoms. The number of carbonyl (C=O) groups is 2. The van der Waals surface area contributed by atoms with Gasteiger partial charge in [-0.25, -0.2) is 9.78 Å². The van der Waals surface area contributed by atoms with Crippen LogP contribution < -0.4 is 11.1 Å². The highest BCUT2D eigenvalue weighted by Crippen LogP contribution is 2.31. The lowest BCUT2D eigenvalue weighted by Gasteiger charge is -2.10. The molecular formula is C12H9Cl2N3O3S. The molecule has 0 aliphatic carbocycles. The van der Waals surface area contributed by atoms with Crippen LogP contribution in [0, 0.1) is 6.92 Å². The summed E-state index contributed by atoms with van der Waals surface area (Å²) in [5.41, 5.74) is 5.76. The number of nitrogens with one attached hydrogen (secondary N) is 1. The van der Waals surface area contributed by atoms with E-state index in [4.69, 9.17) is 34.0 Å². The molecule has 0 saturated heterocycles. The Bertz CT molecular complexity index is 746. The minimum atomic E-state index is -1.25. The smallest absolute Gasteiger partial charge is 0.337 e. The Balaban J connectivity index is 2.42. The number of aromatic carboxylic acids is 1. The SMILES string of the molecule is Cc1nc(N)sc1C(=O)Nc1c(Cl)cc(Cl)cc1C(=O)O. The van der Waals surface area contributed by atoms with Crippen molar-refractivity contribution in [2.45, 2.75) is 6.92 Å². The Kier molecular flexibility index (Phi) is 4.36. The van der Waals surface area contributed by atoms with Gasteiger partial charge in [0.05, 0.1) is 22.0 Å². The van der Waals surface area contributed by atoms with Gasteiger partial charge < -0.3 is 16.2 Å². The van der Waals surface area contributed by atoms with Crippen LogP contribution in [0.25, 0.3) is 0 Å². The molecule has 0 saturated carbocycles. The molecule has 2 aromatic rings. The van der Waals surface area contributed by atoms with Crippen molar-refractivity contribution in [3.63, 3.8) is 0 Å². The topological polar surface area (TPSA) is 105 Å². The van der Waals surface area contributed by atoms with Crippen molar-refractivity contribution in [3.05, 3.63) is 38.3 Å². The van der Waals surface area contributed by atoms with Gasteiger partial charge in [-0.2, -0.15) is 0 Å². The zero-order chi connectivity index (χ0) is 15.7. The fourth-order valence-electron chi connectivity index (χ4n) is 1.67. The van der Waals surface area contributed by atoms with E-state index in [2.05, 4.69) is 10.3 Å². The van der Waals surface area contributed by atoms with Crippen molar-refractivity contribution in [2.24, 2.45) is 0 Å². The number of benzene rings is 1. The van der Waals surface area contributed by atoms with Gasteiger partial charge in [-0.3, -0.25) is 4.79 Å². The standard InChI is InChI=1S/C12H9Cl2N3O3S/c1-4-9(21-12(15)16-4)10(18)17-8-6(11(19)20)2-5(13)3-7(8)14/h2-3H,1H3,(H2,15,16)(H,17,18)(H,19,20). The summed E-state index contributed by atoms with van der Waals surface area (Å²) < 4.78 is 0. The third kappa shape index (κ3) is 3.26. The van der Waals surface area contributed by atoms with E-state index in [-0.39, 0.29) is 31.3 Å². The van der Waals surface area contributed by atoms with E-state index >= 15 is 0 Å². The Morgan fingerprint density at radius 3 is 2.57 bits per heavy atom. The first kappa shape index (κ1) is 15.6. The van der Waals surface area contributed by atoms with E-state index in [1.165, 1.54) is 12.1 Å². The fraction of sp³-hybridized carbons (Fsp3) is 0.0833. The molecule has 1 heterocycles. The van der Waals surface area contributed by atoms with Crippen LogP contribution in [0.1, 0.15) is 25.7 Å². The van der Waals surface area contributed by atoms with Gasteiger partial charge in [-0.05, 0) is 19.1 Å². The molecule has 21 heavy (non-hydrogen) atoms. The molecule has 0 fully saturated rings. The van der Waals surface area contributed by atoms with Gasteiger partial charge in [-0.15, -0.1) is 0 Å². The van der Waals surface area contributed by atoms with Gasteiger partial charge in [0.25, 0.3) is 5.91 Å². The second-order valence-electron chi connectivity index (χ2n) is 4.04. The predicted octanol–water partition coefficient (Wildman–Crippen LogP) is 3.29. The summed E-state index contributed by atoms with van der Waals surface area (Å²) in [7, 11) is 0. The van der Waals surface area contributed by atoms with E-state index < -0.39 is 11.9 Å². The number of carboxylic acid groups (broad SMARTS) is 1. The van der Waals surface area contributed by atoms with E-state index in [9.17, 15) is 9.59 Å². The summed E-state index contributed by atoms with van der Waals surface area (Å²) in [6.07, 6.45) is 0. The van der Waals surface area contributed by atoms with E-state index in [0.717, 1.165) is 11.3 Å². The third-order valence-electron chi connectivity index (χ3n) is 2.54. The number of nitrogens with two attached hydrogens (primary N) is 1. The van der Waals surface area contributed by atoms with Crippen molar-refractivity contribution in [1.29, 1.82) is 0 Å². The van der Waals surface area contributed by atoms with Crippen molar-refractivity contribution in [1.82, 2.24) is 4.98 Å². The number of hydrogen-bond donors (Lipinski definition) is 3. The number of rotatable bonds is 3. The van der Waals surface area contributed by atoms with Crippen LogP contribution in [-0.2, 0) is 0 Å². The lowest BCUT2D eigenvalue weighted by Crippen LogP contribution is -2.15. The average Bonchev–Trinajstić information content (AvgIpc) is 2.71. The third-order valence-corrected chi connectivity index (χ3v) is 4.04. The molecule has 1 aromatic carbocycles. The number of thiazole rings is 1. The normalized spacial score (nSPS) is 10.4. The van der Waals surface area contributed by atoms with Crippen LogP contribution >= 0.6 is 34.5 Å². The zero-order valence-corrected chi connectivity index (χ0v) is 12.9. The van der Waals surface area contributed by atoms with Crippen LogP contribution in [-0.4, -0.2) is 22.0 Å². The number of aromatic nitrogens is 1. The Labute approximate surface area is 133 Å². The van der Waals surface area contributed by atoms with Crippen LogP contribution in [0.4, 0.5) is 10.8 Å². The Morgan fingerprint density at radius 1 is 1.38 bits per heavy atom. The molecule has 0 bridgehead atoms. The summed E-state index contributed by atoms with van der Waals surface area (Å²) in [6.45, 7) is 1.63. The second kappa shape index (κ2) is 5.88. The highest BCUT2D eigenvalue weighted by molar-refractivity contribution is 7.17. The largest absolute Gasteiger partial charge is 0.478 e. The summed E-state index contributed by atoms with van der Waals surface area (Å²) in [4.78, 5) is 27.6. The van der Waals surface area contributed by atoms with Crippen LogP contribution in [0.5, 0.6) is 0 Å². The molecule has 0 radical (unpaired) electrons. The Morgan fingerprint density at radius 2 is 2.05 bits per heavy atom. The quantitative estimate of drug-likeness (QED) is 0.791. The minimum Gasteiger partial charge on any atom is -0.478 e. The number of anilines is 2. The number of carboxylic acids is 1. The lowest BCUT2D eigenvalue weighted by atomic mass is 10.1. The first-order valence-corrected chi connectivity index (χ1v) is 7.13. The number of carbonyl (C=O) groups excluding carboxylic acids is 1. The van der Waals surface area contributed by atoms with Crippen molar-refractivity contribution in [3.8, 4) is 0 Å². The van der Waals surface area contributed by atoms with Gasteiger partial charge in [0, 0.05) is 5.02 Å². The monoisotopic (exact) mass is 345 g/mol. The maximum absolute atomic E-state index is 12.2. The zero-order valence-electron chi connectivity index (χ0n) is 10.6. The molecule has 0 aliphatic heterocycles. The second-order valence-corrected chi connectivity index (χ2v) is 5.91. The van der Waals surface area contributed by atoms with Gasteiger partial charge in [0.15, 0.2) is 5.13 Å². The first-order chi connectivity index (χ1) is 9.79. The highest BCUT2D eigenvalue weighted by Gasteiger charge is 2.20. The summed E-state index contributed by atoms with van der Waals surface area (Å²) in [5, 5.41) is 12.1. The van der Waals surface area contributed by atoms with Crippen molar-refractivity contribution < 1.29 is 14.7 Å².